The van der Waals surface area contributed by atoms with Crippen molar-refractivity contribution in [1.82, 2.24) is 10.2 Å². The Morgan fingerprint density at radius 2 is 2.17 bits per heavy atom. The Labute approximate surface area is 108 Å². The maximum absolute atomic E-state index is 7.57. The van der Waals surface area contributed by atoms with E-state index < -0.39 is 0 Å². The first-order chi connectivity index (χ1) is 8.68. The van der Waals surface area contributed by atoms with Crippen molar-refractivity contribution in [1.29, 1.82) is 5.41 Å². The zero-order valence-electron chi connectivity index (χ0n) is 10.9. The third-order valence-electron chi connectivity index (χ3n) is 3.61. The highest BCUT2D eigenvalue weighted by atomic mass is 15.2. The van der Waals surface area contributed by atoms with Crippen LogP contribution in [0, 0.1) is 11.3 Å². The predicted molar refractivity (Wildman–Crippen MR) is 72.9 cm³/mol. The van der Waals surface area contributed by atoms with E-state index in [9.17, 15) is 0 Å². The molecule has 0 bridgehead atoms. The van der Waals surface area contributed by atoms with Crippen LogP contribution in [-0.4, -0.2) is 29.6 Å². The van der Waals surface area contributed by atoms with Gasteiger partial charge in [0.2, 0.25) is 0 Å². The SMILES string of the molecule is CN(CC1CCCCC1)c1nnccc1C(=N)N. The number of hydrogen-bond donors (Lipinski definition) is 2. The lowest BCUT2D eigenvalue weighted by atomic mass is 9.89. The molecule has 1 fully saturated rings. The van der Waals surface area contributed by atoms with E-state index in [1.165, 1.54) is 32.1 Å². The molecule has 0 radical (unpaired) electrons. The van der Waals surface area contributed by atoms with Gasteiger partial charge in [0.25, 0.3) is 0 Å². The minimum absolute atomic E-state index is 0.0513. The molecule has 0 saturated heterocycles. The molecule has 1 aromatic rings. The molecule has 5 nitrogen and oxygen atoms in total. The number of nitrogens with two attached hydrogens (primary N) is 1. The van der Waals surface area contributed by atoms with Gasteiger partial charge >= 0.3 is 0 Å². The highest BCUT2D eigenvalue weighted by Crippen LogP contribution is 2.25. The Bertz CT molecular complexity index is 412. The summed E-state index contributed by atoms with van der Waals surface area (Å²) in [5, 5.41) is 15.6. The van der Waals surface area contributed by atoms with Crippen LogP contribution in [0.15, 0.2) is 12.3 Å². The predicted octanol–water partition coefficient (Wildman–Crippen LogP) is 1.78. The van der Waals surface area contributed by atoms with Crippen molar-refractivity contribution >= 4 is 11.7 Å². The molecule has 2 rings (SSSR count). The van der Waals surface area contributed by atoms with Crippen LogP contribution in [0.4, 0.5) is 5.82 Å². The number of amidine groups is 1. The fourth-order valence-electron chi connectivity index (χ4n) is 2.66. The average molecular weight is 247 g/mol. The molecule has 18 heavy (non-hydrogen) atoms. The van der Waals surface area contributed by atoms with Crippen LogP contribution < -0.4 is 10.6 Å². The summed E-state index contributed by atoms with van der Waals surface area (Å²) in [4.78, 5) is 2.08. The van der Waals surface area contributed by atoms with Gasteiger partial charge in [-0.25, -0.2) is 0 Å². The van der Waals surface area contributed by atoms with Crippen molar-refractivity contribution < 1.29 is 0 Å². The Kier molecular flexibility index (Phi) is 4.12. The molecule has 0 aliphatic heterocycles. The molecule has 1 aromatic heterocycles. The molecule has 0 aromatic carbocycles. The molecule has 0 atom stereocenters. The van der Waals surface area contributed by atoms with Crippen molar-refractivity contribution in [3.8, 4) is 0 Å². The zero-order valence-corrected chi connectivity index (χ0v) is 10.9. The first kappa shape index (κ1) is 12.8. The lowest BCUT2D eigenvalue weighted by molar-refractivity contribution is 0.361. The lowest BCUT2D eigenvalue weighted by Crippen LogP contribution is -2.30. The molecule has 0 spiro atoms. The summed E-state index contributed by atoms with van der Waals surface area (Å²) in [7, 11) is 2.01. The third kappa shape index (κ3) is 2.97. The van der Waals surface area contributed by atoms with E-state index in [4.69, 9.17) is 11.1 Å². The number of anilines is 1. The zero-order chi connectivity index (χ0) is 13.0. The molecule has 5 heteroatoms. The van der Waals surface area contributed by atoms with Gasteiger partial charge in [-0.15, -0.1) is 5.10 Å². The maximum Gasteiger partial charge on any atom is 0.162 e. The van der Waals surface area contributed by atoms with Crippen molar-refractivity contribution in [2.24, 2.45) is 11.7 Å². The summed E-state index contributed by atoms with van der Waals surface area (Å²) >= 11 is 0. The number of rotatable bonds is 4. The second-order valence-electron chi connectivity index (χ2n) is 5.07. The molecule has 3 N–H and O–H groups in total. The van der Waals surface area contributed by atoms with Gasteiger partial charge in [-0.2, -0.15) is 5.10 Å². The first-order valence-electron chi connectivity index (χ1n) is 6.55. The van der Waals surface area contributed by atoms with Crippen molar-refractivity contribution in [2.45, 2.75) is 32.1 Å². The van der Waals surface area contributed by atoms with Gasteiger partial charge in [-0.1, -0.05) is 19.3 Å². The smallest absolute Gasteiger partial charge is 0.162 e. The van der Waals surface area contributed by atoms with Gasteiger partial charge in [-0.3, -0.25) is 5.41 Å². The molecule has 0 amide bonds. The Hall–Kier alpha value is -1.65. The average Bonchev–Trinajstić information content (AvgIpc) is 2.40. The summed E-state index contributed by atoms with van der Waals surface area (Å²) in [6.07, 6.45) is 8.19. The molecular formula is C13H21N5. The van der Waals surface area contributed by atoms with Gasteiger partial charge in [0, 0.05) is 13.6 Å². The van der Waals surface area contributed by atoms with Crippen LogP contribution in [-0.2, 0) is 0 Å². The standard InChI is InChI=1S/C13H21N5/c1-18(9-10-5-3-2-4-6-10)13-11(12(14)15)7-8-16-17-13/h7-8,10H,2-6,9H2,1H3,(H3,14,15). The normalized spacial score (nSPS) is 16.5. The highest BCUT2D eigenvalue weighted by Gasteiger charge is 2.18. The molecular weight excluding hydrogens is 226 g/mol. The highest BCUT2D eigenvalue weighted by molar-refractivity contribution is 5.99. The molecule has 1 aliphatic rings. The summed E-state index contributed by atoms with van der Waals surface area (Å²) in [6, 6.07) is 1.75. The van der Waals surface area contributed by atoms with Crippen molar-refractivity contribution in [2.75, 3.05) is 18.5 Å². The minimum atomic E-state index is 0.0513. The first-order valence-corrected chi connectivity index (χ1v) is 6.55. The van der Waals surface area contributed by atoms with E-state index in [1.807, 2.05) is 7.05 Å². The monoisotopic (exact) mass is 247 g/mol. The fourth-order valence-corrected chi connectivity index (χ4v) is 2.66. The quantitative estimate of drug-likeness (QED) is 0.628. The van der Waals surface area contributed by atoms with Crippen LogP contribution >= 0.6 is 0 Å². The van der Waals surface area contributed by atoms with E-state index >= 15 is 0 Å². The number of nitrogen functional groups attached to an aromatic ring is 1. The number of hydrogen-bond acceptors (Lipinski definition) is 4. The van der Waals surface area contributed by atoms with Gasteiger partial charge < -0.3 is 10.6 Å². The lowest BCUT2D eigenvalue weighted by Gasteiger charge is -2.28. The van der Waals surface area contributed by atoms with E-state index in [0.717, 1.165) is 18.3 Å². The third-order valence-corrected chi connectivity index (χ3v) is 3.61. The number of nitrogens with zero attached hydrogens (tertiary/aromatic N) is 3. The molecule has 1 saturated carbocycles. The fraction of sp³-hybridized carbons (Fsp3) is 0.615. The van der Waals surface area contributed by atoms with Crippen LogP contribution in [0.2, 0.25) is 0 Å². The largest absolute Gasteiger partial charge is 0.384 e. The van der Waals surface area contributed by atoms with E-state index in [0.29, 0.717) is 5.56 Å². The summed E-state index contributed by atoms with van der Waals surface area (Å²) in [5.41, 5.74) is 6.24. The molecule has 0 unspecified atom stereocenters. The Morgan fingerprint density at radius 3 is 2.83 bits per heavy atom. The van der Waals surface area contributed by atoms with E-state index in [-0.39, 0.29) is 5.84 Å². The van der Waals surface area contributed by atoms with Crippen molar-refractivity contribution in [3.05, 3.63) is 17.8 Å². The van der Waals surface area contributed by atoms with Gasteiger partial charge in [0.05, 0.1) is 11.8 Å². The van der Waals surface area contributed by atoms with Crippen LogP contribution in [0.1, 0.15) is 37.7 Å². The van der Waals surface area contributed by atoms with E-state index in [2.05, 4.69) is 15.1 Å². The van der Waals surface area contributed by atoms with Gasteiger partial charge in [0.1, 0.15) is 5.84 Å². The summed E-state index contributed by atoms with van der Waals surface area (Å²) < 4.78 is 0. The summed E-state index contributed by atoms with van der Waals surface area (Å²) in [6.45, 7) is 0.971. The minimum Gasteiger partial charge on any atom is -0.384 e. The molecule has 1 aliphatic carbocycles. The Balaban J connectivity index is 2.08. The topological polar surface area (TPSA) is 78.9 Å². The van der Waals surface area contributed by atoms with Gasteiger partial charge in [0.15, 0.2) is 5.82 Å². The number of nitrogens with one attached hydrogen (secondary N) is 1. The molecule has 98 valence electrons. The van der Waals surface area contributed by atoms with Crippen LogP contribution in [0.5, 0.6) is 0 Å². The number of aromatic nitrogens is 2. The molecule has 1 heterocycles. The van der Waals surface area contributed by atoms with Gasteiger partial charge in [-0.05, 0) is 24.8 Å². The van der Waals surface area contributed by atoms with E-state index in [1.54, 1.807) is 12.3 Å². The van der Waals surface area contributed by atoms with Crippen LogP contribution in [0.3, 0.4) is 0 Å². The summed E-state index contributed by atoms with van der Waals surface area (Å²) in [5.74, 6) is 1.50. The second kappa shape index (κ2) is 5.80. The second-order valence-corrected chi connectivity index (χ2v) is 5.07. The maximum atomic E-state index is 7.57. The van der Waals surface area contributed by atoms with Crippen LogP contribution in [0.25, 0.3) is 0 Å². The van der Waals surface area contributed by atoms with Crippen molar-refractivity contribution in [3.63, 3.8) is 0 Å². The Morgan fingerprint density at radius 1 is 1.44 bits per heavy atom.